The molecule has 0 saturated heterocycles. The zero-order valence-electron chi connectivity index (χ0n) is 12.7. The van der Waals surface area contributed by atoms with E-state index in [4.69, 9.17) is 4.74 Å². The topological polar surface area (TPSA) is 75.6 Å². The Morgan fingerprint density at radius 1 is 1.38 bits per heavy atom. The van der Waals surface area contributed by atoms with E-state index in [1.807, 2.05) is 32.0 Å². The second-order valence-corrected chi connectivity index (χ2v) is 6.19. The Labute approximate surface area is 129 Å². The van der Waals surface area contributed by atoms with Gasteiger partial charge in [-0.1, -0.05) is 17.7 Å². The minimum atomic E-state index is -1.41. The van der Waals surface area contributed by atoms with Gasteiger partial charge in [0.05, 0.1) is 12.4 Å². The van der Waals surface area contributed by atoms with Gasteiger partial charge in [0.15, 0.2) is 5.54 Å². The van der Waals surface area contributed by atoms with Gasteiger partial charge < -0.3 is 15.2 Å². The quantitative estimate of drug-likeness (QED) is 0.753. The number of thioether (sulfide) groups is 1. The third kappa shape index (κ3) is 5.06. The van der Waals surface area contributed by atoms with Crippen LogP contribution in [0.25, 0.3) is 0 Å². The fourth-order valence-corrected chi connectivity index (χ4v) is 2.70. The molecule has 0 spiro atoms. The molecular weight excluding hydrogens is 290 g/mol. The van der Waals surface area contributed by atoms with Crippen molar-refractivity contribution < 1.29 is 19.4 Å². The molecule has 1 amide bonds. The minimum Gasteiger partial charge on any atom is -0.479 e. The van der Waals surface area contributed by atoms with Crippen molar-refractivity contribution in [2.45, 2.75) is 31.2 Å². The van der Waals surface area contributed by atoms with Crippen LogP contribution in [0.1, 0.15) is 18.1 Å². The monoisotopic (exact) mass is 311 g/mol. The lowest BCUT2D eigenvalue weighted by Gasteiger charge is -2.25. The van der Waals surface area contributed by atoms with E-state index in [0.717, 1.165) is 10.5 Å². The van der Waals surface area contributed by atoms with Crippen molar-refractivity contribution in [1.82, 2.24) is 5.32 Å². The lowest BCUT2D eigenvalue weighted by molar-refractivity contribution is -0.148. The maximum absolute atomic E-state index is 11.9. The number of rotatable bonds is 7. The number of nitrogens with one attached hydrogen (secondary N) is 1. The summed E-state index contributed by atoms with van der Waals surface area (Å²) in [5.74, 6) is -1.28. The van der Waals surface area contributed by atoms with Crippen molar-refractivity contribution in [3.05, 3.63) is 29.3 Å². The average Bonchev–Trinajstić information content (AvgIpc) is 2.37. The van der Waals surface area contributed by atoms with Gasteiger partial charge in [0.1, 0.15) is 0 Å². The van der Waals surface area contributed by atoms with Gasteiger partial charge >= 0.3 is 5.97 Å². The summed E-state index contributed by atoms with van der Waals surface area (Å²) in [4.78, 5) is 24.2. The fraction of sp³-hybridized carbons (Fsp3) is 0.467. The molecule has 0 aliphatic heterocycles. The number of carbonyl (C=O) groups is 2. The number of aryl methyl sites for hydroxylation is 2. The summed E-state index contributed by atoms with van der Waals surface area (Å²) in [6, 6.07) is 6.00. The number of hydrogen-bond donors (Lipinski definition) is 2. The van der Waals surface area contributed by atoms with Crippen LogP contribution in [0.4, 0.5) is 0 Å². The number of carbonyl (C=O) groups excluding carboxylic acids is 1. The molecule has 1 aromatic carbocycles. The molecule has 0 saturated carbocycles. The van der Waals surface area contributed by atoms with Gasteiger partial charge in [-0.25, -0.2) is 4.79 Å². The Morgan fingerprint density at radius 3 is 2.57 bits per heavy atom. The lowest BCUT2D eigenvalue weighted by atomic mass is 10.0. The number of aliphatic carboxylic acids is 1. The molecule has 0 aliphatic rings. The van der Waals surface area contributed by atoms with Crippen molar-refractivity contribution in [2.75, 3.05) is 19.5 Å². The summed E-state index contributed by atoms with van der Waals surface area (Å²) < 4.78 is 4.86. The third-order valence-electron chi connectivity index (χ3n) is 3.01. The number of carboxylic acids is 1. The predicted octanol–water partition coefficient (Wildman–Crippen LogP) is 2.00. The molecule has 0 aromatic heterocycles. The van der Waals surface area contributed by atoms with E-state index in [-0.39, 0.29) is 18.3 Å². The molecule has 1 rings (SSSR count). The summed E-state index contributed by atoms with van der Waals surface area (Å²) in [5.41, 5.74) is 0.861. The Morgan fingerprint density at radius 2 is 2.05 bits per heavy atom. The van der Waals surface area contributed by atoms with Gasteiger partial charge in [-0.15, -0.1) is 11.8 Å². The minimum absolute atomic E-state index is 0.0811. The van der Waals surface area contributed by atoms with Crippen molar-refractivity contribution >= 4 is 23.6 Å². The van der Waals surface area contributed by atoms with Gasteiger partial charge in [0.2, 0.25) is 5.91 Å². The zero-order chi connectivity index (χ0) is 16.0. The van der Waals surface area contributed by atoms with Gasteiger partial charge in [0, 0.05) is 12.0 Å². The highest BCUT2D eigenvalue weighted by molar-refractivity contribution is 8.00. The molecule has 2 N–H and O–H groups in total. The molecule has 0 fully saturated rings. The Kier molecular flexibility index (Phi) is 6.23. The highest BCUT2D eigenvalue weighted by Crippen LogP contribution is 2.23. The van der Waals surface area contributed by atoms with E-state index in [2.05, 4.69) is 5.32 Å². The first-order chi connectivity index (χ1) is 9.78. The van der Waals surface area contributed by atoms with E-state index >= 15 is 0 Å². The lowest BCUT2D eigenvalue weighted by Crippen LogP contribution is -2.55. The number of amides is 1. The molecule has 1 aromatic rings. The first-order valence-corrected chi connectivity index (χ1v) is 7.50. The van der Waals surface area contributed by atoms with Gasteiger partial charge in [-0.2, -0.15) is 0 Å². The number of carboxylic acid groups (broad SMARTS) is 1. The summed E-state index contributed by atoms with van der Waals surface area (Å²) >= 11 is 1.39. The highest BCUT2D eigenvalue weighted by atomic mass is 32.2. The van der Waals surface area contributed by atoms with Crippen LogP contribution in [-0.2, 0) is 14.3 Å². The van der Waals surface area contributed by atoms with E-state index in [1.165, 1.54) is 31.4 Å². The van der Waals surface area contributed by atoms with Crippen LogP contribution in [0.3, 0.4) is 0 Å². The third-order valence-corrected chi connectivity index (χ3v) is 4.19. The van der Waals surface area contributed by atoms with Crippen LogP contribution < -0.4 is 5.32 Å². The number of methoxy groups -OCH3 is 1. The fourth-order valence-electron chi connectivity index (χ4n) is 1.89. The second kappa shape index (κ2) is 7.47. The van der Waals surface area contributed by atoms with E-state index < -0.39 is 11.5 Å². The van der Waals surface area contributed by atoms with E-state index in [0.29, 0.717) is 0 Å². The second-order valence-electron chi connectivity index (χ2n) is 5.18. The van der Waals surface area contributed by atoms with Gasteiger partial charge in [-0.05, 0) is 32.4 Å². The van der Waals surface area contributed by atoms with Crippen LogP contribution in [0, 0.1) is 13.8 Å². The standard InChI is InChI=1S/C15H21NO4S/c1-10-5-6-12(11(2)7-10)21-8-13(17)16-15(3,9-20-4)14(18)19/h5-7H,8-9H2,1-4H3,(H,16,17)(H,18,19). The molecule has 116 valence electrons. The van der Waals surface area contributed by atoms with E-state index in [1.54, 1.807) is 0 Å². The van der Waals surface area contributed by atoms with Crippen LogP contribution in [0.2, 0.25) is 0 Å². The number of benzene rings is 1. The van der Waals surface area contributed by atoms with Crippen LogP contribution >= 0.6 is 11.8 Å². The molecule has 0 aliphatic carbocycles. The number of ether oxygens (including phenoxy) is 1. The van der Waals surface area contributed by atoms with Crippen LogP contribution in [-0.4, -0.2) is 42.0 Å². The highest BCUT2D eigenvalue weighted by Gasteiger charge is 2.34. The van der Waals surface area contributed by atoms with Crippen LogP contribution in [0.5, 0.6) is 0 Å². The maximum atomic E-state index is 11.9. The first-order valence-electron chi connectivity index (χ1n) is 6.52. The molecule has 21 heavy (non-hydrogen) atoms. The molecule has 5 nitrogen and oxygen atoms in total. The summed E-state index contributed by atoms with van der Waals surface area (Å²) in [6.07, 6.45) is 0. The van der Waals surface area contributed by atoms with Crippen molar-refractivity contribution in [1.29, 1.82) is 0 Å². The zero-order valence-corrected chi connectivity index (χ0v) is 13.5. The average molecular weight is 311 g/mol. The summed E-state index contributed by atoms with van der Waals surface area (Å²) in [6.45, 7) is 5.34. The molecule has 0 radical (unpaired) electrons. The SMILES string of the molecule is COCC(C)(NC(=O)CSc1ccc(C)cc1C)C(=O)O. The summed E-state index contributed by atoms with van der Waals surface area (Å²) in [7, 11) is 1.40. The van der Waals surface area contributed by atoms with Crippen molar-refractivity contribution in [3.8, 4) is 0 Å². The van der Waals surface area contributed by atoms with Crippen LogP contribution in [0.15, 0.2) is 23.1 Å². The molecule has 0 heterocycles. The predicted molar refractivity (Wildman–Crippen MR) is 82.7 cm³/mol. The largest absolute Gasteiger partial charge is 0.479 e. The molecule has 1 atom stereocenters. The molecular formula is C15H21NO4S. The van der Waals surface area contributed by atoms with Crippen molar-refractivity contribution in [2.24, 2.45) is 0 Å². The smallest absolute Gasteiger partial charge is 0.331 e. The summed E-state index contributed by atoms with van der Waals surface area (Å²) in [5, 5.41) is 11.7. The molecule has 0 bridgehead atoms. The van der Waals surface area contributed by atoms with Gasteiger partial charge in [-0.3, -0.25) is 4.79 Å². The molecule has 6 heteroatoms. The molecule has 1 unspecified atom stereocenters. The van der Waals surface area contributed by atoms with E-state index in [9.17, 15) is 14.7 Å². The Bertz CT molecular complexity index is 532. The van der Waals surface area contributed by atoms with Gasteiger partial charge in [0.25, 0.3) is 0 Å². The first kappa shape index (κ1) is 17.5. The Hall–Kier alpha value is -1.53. The number of hydrogen-bond acceptors (Lipinski definition) is 4. The Balaban J connectivity index is 2.63. The van der Waals surface area contributed by atoms with Crippen molar-refractivity contribution in [3.63, 3.8) is 0 Å². The normalized spacial score (nSPS) is 13.5. The maximum Gasteiger partial charge on any atom is 0.331 e.